The lowest BCUT2D eigenvalue weighted by molar-refractivity contribution is 0.645. The van der Waals surface area contributed by atoms with E-state index < -0.39 is 8.07 Å². The van der Waals surface area contributed by atoms with Crippen LogP contribution in [0.3, 0.4) is 0 Å². The molecule has 0 bridgehead atoms. The van der Waals surface area contributed by atoms with Gasteiger partial charge in [0.2, 0.25) is 0 Å². The molecular weight excluding hydrogens is 713 g/mol. The summed E-state index contributed by atoms with van der Waals surface area (Å²) in [5.41, 5.74) is 10.8. The van der Waals surface area contributed by atoms with Gasteiger partial charge in [-0.25, -0.2) is 0 Å². The second-order valence-electron chi connectivity index (χ2n) is 14.8. The van der Waals surface area contributed by atoms with Crippen LogP contribution in [0.2, 0.25) is 0 Å². The van der Waals surface area contributed by atoms with Gasteiger partial charge in [0, 0.05) is 11.4 Å². The van der Waals surface area contributed by atoms with E-state index in [-0.39, 0.29) is 7.12 Å². The van der Waals surface area contributed by atoms with Gasteiger partial charge < -0.3 is 18.8 Å². The molecule has 6 nitrogen and oxygen atoms in total. The molecule has 8 heteroatoms. The molecule has 0 aliphatic carbocycles. The number of hydrogen-bond donors (Lipinski definition) is 0. The van der Waals surface area contributed by atoms with E-state index in [1.165, 1.54) is 43.5 Å². The summed E-state index contributed by atoms with van der Waals surface area (Å²) in [4.78, 5) is 12.4. The van der Waals surface area contributed by atoms with Gasteiger partial charge in [-0.1, -0.05) is 140 Å². The number of hydrogen-bond acceptors (Lipinski definition) is 5. The first kappa shape index (κ1) is 32.0. The van der Waals surface area contributed by atoms with Crippen LogP contribution in [0.15, 0.2) is 211 Å². The van der Waals surface area contributed by atoms with Crippen LogP contribution >= 0.6 is 0 Å². The lowest BCUT2D eigenvalue weighted by Crippen LogP contribution is -2.75. The topological polar surface area (TPSA) is 40.2 Å². The predicted octanol–water partition coefficient (Wildman–Crippen LogP) is 9.04. The average Bonchev–Trinajstić information content (AvgIpc) is 4.02. The van der Waals surface area contributed by atoms with Crippen molar-refractivity contribution in [3.63, 3.8) is 0 Å². The summed E-state index contributed by atoms with van der Waals surface area (Å²) in [5, 5.41) is 5.01. The monoisotopic (exact) mass is 747 g/mol. The average molecular weight is 748 g/mol. The highest BCUT2D eigenvalue weighted by molar-refractivity contribution is 7.20. The zero-order valence-electron chi connectivity index (χ0n) is 30.9. The van der Waals surface area contributed by atoms with Crippen LogP contribution in [-0.2, 0) is 0 Å². The molecule has 2 aliphatic rings. The van der Waals surface area contributed by atoms with Crippen molar-refractivity contribution >= 4 is 98.0 Å². The zero-order valence-corrected chi connectivity index (χ0v) is 31.9. The Hall–Kier alpha value is -7.29. The fourth-order valence-electron chi connectivity index (χ4n) is 9.58. The van der Waals surface area contributed by atoms with Crippen molar-refractivity contribution in [2.75, 3.05) is 14.4 Å². The van der Waals surface area contributed by atoms with Gasteiger partial charge in [-0.15, -0.1) is 0 Å². The van der Waals surface area contributed by atoms with Crippen LogP contribution in [0.1, 0.15) is 0 Å². The van der Waals surface area contributed by atoms with Crippen LogP contribution in [0, 0.1) is 0 Å². The molecular formula is C49H34BN5OSi. The maximum atomic E-state index is 6.93. The molecule has 0 atom stereocenters. The molecule has 0 amide bonds. The smallest absolute Gasteiger partial charge is 0.423 e. The van der Waals surface area contributed by atoms with Gasteiger partial charge in [-0.2, -0.15) is 4.98 Å². The standard InChI is InChI=1S/C49H34BN5OSi/c1-4-18-35(19-5-1)53-42-28-12-14-30-44(42)55-45-31-15-13-29-43(45)54(50(53)55)36-20-16-25-39(34-36)57(37-21-6-2-7-22-37,38-23-8-3-9-24-38)47-33-17-32-46-48(47)56-49-51-40-26-10-11-27-41(40)52(46)49/h1-34H. The number of fused-ring (bicyclic) bond motifs is 10. The summed E-state index contributed by atoms with van der Waals surface area (Å²) in [6.45, 7) is 0. The largest absolute Gasteiger partial charge is 0.519 e. The molecule has 57 heavy (non-hydrogen) atoms. The highest BCUT2D eigenvalue weighted by Gasteiger charge is 2.54. The van der Waals surface area contributed by atoms with E-state index in [0.29, 0.717) is 5.84 Å². The molecule has 0 N–H and O–H groups in total. The van der Waals surface area contributed by atoms with E-state index in [1.54, 1.807) is 0 Å². The Balaban J connectivity index is 1.14. The second kappa shape index (κ2) is 12.4. The number of benzene rings is 8. The van der Waals surface area contributed by atoms with Crippen molar-refractivity contribution in [3.05, 3.63) is 206 Å². The number of oxazole rings is 1. The normalized spacial score (nSPS) is 13.5. The van der Waals surface area contributed by atoms with Crippen molar-refractivity contribution in [3.8, 4) is 0 Å². The predicted molar refractivity (Wildman–Crippen MR) is 238 cm³/mol. The van der Waals surface area contributed by atoms with E-state index in [2.05, 4.69) is 213 Å². The summed E-state index contributed by atoms with van der Waals surface area (Å²) in [5.74, 6) is 0.604. The number of nitrogens with zero attached hydrogens (tertiary/aromatic N) is 5. The lowest BCUT2D eigenvalue weighted by Gasteiger charge is -2.36. The van der Waals surface area contributed by atoms with Crippen LogP contribution in [0.4, 0.5) is 34.1 Å². The molecule has 12 rings (SSSR count). The molecule has 0 unspecified atom stereocenters. The Morgan fingerprint density at radius 2 is 0.912 bits per heavy atom. The number of imidazole rings is 1. The Morgan fingerprint density at radius 1 is 0.421 bits per heavy atom. The summed E-state index contributed by atoms with van der Waals surface area (Å²) in [7, 11) is -3.26. The van der Waals surface area contributed by atoms with Gasteiger partial charge in [0.05, 0.1) is 39.3 Å². The van der Waals surface area contributed by atoms with Crippen molar-refractivity contribution in [1.82, 2.24) is 9.38 Å². The fraction of sp³-hybridized carbons (Fsp3) is 0. The molecule has 0 saturated heterocycles. The molecule has 0 radical (unpaired) electrons. The lowest BCUT2D eigenvalue weighted by atomic mass is 9.86. The van der Waals surface area contributed by atoms with Gasteiger partial charge in [-0.3, -0.25) is 4.40 Å². The highest BCUT2D eigenvalue weighted by Crippen LogP contribution is 2.55. The molecule has 4 heterocycles. The first-order chi connectivity index (χ1) is 28.3. The fourth-order valence-corrected chi connectivity index (χ4v) is 14.5. The summed E-state index contributed by atoms with van der Waals surface area (Å²) in [6, 6.07) is 74.8. The molecule has 2 aliphatic heterocycles. The van der Waals surface area contributed by atoms with Gasteiger partial charge in [0.1, 0.15) is 0 Å². The van der Waals surface area contributed by atoms with Gasteiger partial charge in [0.15, 0.2) is 13.7 Å². The quantitative estimate of drug-likeness (QED) is 0.126. The van der Waals surface area contributed by atoms with Crippen molar-refractivity contribution in [2.45, 2.75) is 0 Å². The van der Waals surface area contributed by atoms with Crippen molar-refractivity contribution in [2.24, 2.45) is 0 Å². The van der Waals surface area contributed by atoms with E-state index >= 15 is 0 Å². The SMILES string of the molecule is c1ccc(N2B3N(c4cccc([Si](c5ccccc5)(c5ccccc5)c5cccc6c5oc5nc7ccccc7n56)c4)c4ccccc4N3c3ccccc32)cc1. The number of rotatable bonds is 6. The molecule has 2 aromatic heterocycles. The van der Waals surface area contributed by atoms with Gasteiger partial charge >= 0.3 is 13.0 Å². The summed E-state index contributed by atoms with van der Waals surface area (Å²) < 4.78 is 9.11. The molecule has 10 aromatic rings. The van der Waals surface area contributed by atoms with E-state index in [4.69, 9.17) is 9.40 Å². The number of anilines is 6. The Morgan fingerprint density at radius 3 is 1.58 bits per heavy atom. The summed E-state index contributed by atoms with van der Waals surface area (Å²) >= 11 is 0. The van der Waals surface area contributed by atoms with E-state index in [0.717, 1.165) is 33.5 Å². The Kier molecular flexibility index (Phi) is 6.94. The third-order valence-electron chi connectivity index (χ3n) is 11.9. The number of para-hydroxylation sites is 8. The van der Waals surface area contributed by atoms with Crippen molar-refractivity contribution < 1.29 is 4.42 Å². The molecule has 8 aromatic carbocycles. The van der Waals surface area contributed by atoms with Gasteiger partial charge in [0.25, 0.3) is 0 Å². The minimum absolute atomic E-state index is 0.156. The second-order valence-corrected chi connectivity index (χ2v) is 18.5. The zero-order chi connectivity index (χ0) is 37.5. The minimum Gasteiger partial charge on any atom is -0.423 e. The Labute approximate surface area is 331 Å². The first-order valence-electron chi connectivity index (χ1n) is 19.4. The van der Waals surface area contributed by atoms with Crippen LogP contribution in [0.5, 0.6) is 0 Å². The third kappa shape index (κ3) is 4.50. The third-order valence-corrected chi connectivity index (χ3v) is 16.6. The molecule has 0 saturated carbocycles. The maximum Gasteiger partial charge on any atom is 0.519 e. The van der Waals surface area contributed by atoms with E-state index in [1.807, 2.05) is 12.1 Å². The maximum absolute atomic E-state index is 6.93. The minimum atomic E-state index is -3.11. The van der Waals surface area contributed by atoms with Crippen LogP contribution < -0.4 is 35.2 Å². The van der Waals surface area contributed by atoms with Crippen LogP contribution in [0.25, 0.3) is 28.0 Å². The first-order valence-corrected chi connectivity index (χ1v) is 21.4. The molecule has 0 fully saturated rings. The Bertz CT molecular complexity index is 3080. The van der Waals surface area contributed by atoms with Crippen molar-refractivity contribution in [1.29, 1.82) is 0 Å². The van der Waals surface area contributed by atoms with Gasteiger partial charge in [-0.05, 0) is 87.5 Å². The molecule has 268 valence electrons. The van der Waals surface area contributed by atoms with Crippen LogP contribution in [-0.4, -0.2) is 24.6 Å². The van der Waals surface area contributed by atoms with E-state index in [9.17, 15) is 0 Å². The summed E-state index contributed by atoms with van der Waals surface area (Å²) in [6.07, 6.45) is 0. The number of aromatic nitrogens is 2. The highest BCUT2D eigenvalue weighted by atomic mass is 28.3. The molecule has 0 spiro atoms.